The molecule has 0 saturated carbocycles. The van der Waals surface area contributed by atoms with Crippen LogP contribution in [-0.4, -0.2) is 28.2 Å². The highest BCUT2D eigenvalue weighted by molar-refractivity contribution is 7.80. The molecule has 0 unspecified atom stereocenters. The fraction of sp³-hybridized carbons (Fsp3) is 0.727. The monoisotopic (exact) mass is 242 g/mol. The fourth-order valence-electron chi connectivity index (χ4n) is 1.67. The first kappa shape index (κ1) is 13.1. The quantitative estimate of drug-likeness (QED) is 0.582. The van der Waals surface area contributed by atoms with Gasteiger partial charge in [0.25, 0.3) is 0 Å². The molecule has 0 atom stereocenters. The summed E-state index contributed by atoms with van der Waals surface area (Å²) in [5.74, 6) is -0.115. The molecule has 0 aromatic heterocycles. The minimum Gasteiger partial charge on any atom is -0.393 e. The molecule has 1 heterocycles. The molecular formula is C11H18N2O2S. The molecule has 16 heavy (non-hydrogen) atoms. The van der Waals surface area contributed by atoms with E-state index in [1.807, 2.05) is 13.8 Å². The number of amides is 2. The summed E-state index contributed by atoms with van der Waals surface area (Å²) in [5, 5.41) is 0. The third-order valence-corrected chi connectivity index (χ3v) is 3.56. The maximum absolute atomic E-state index is 11.3. The summed E-state index contributed by atoms with van der Waals surface area (Å²) in [5.41, 5.74) is 5.40. The summed E-state index contributed by atoms with van der Waals surface area (Å²) < 4.78 is 0. The van der Waals surface area contributed by atoms with Gasteiger partial charge in [-0.05, 0) is 12.8 Å². The van der Waals surface area contributed by atoms with Gasteiger partial charge in [0.05, 0.1) is 4.99 Å². The lowest BCUT2D eigenvalue weighted by Gasteiger charge is -2.24. The van der Waals surface area contributed by atoms with Crippen LogP contribution in [0.25, 0.3) is 0 Å². The predicted molar refractivity (Wildman–Crippen MR) is 65.8 cm³/mol. The van der Waals surface area contributed by atoms with E-state index in [0.29, 0.717) is 24.4 Å². The fourth-order valence-corrected chi connectivity index (χ4v) is 1.78. The SMILES string of the molecule is CC(C)(CCCN1C(=O)CCC1=O)C(N)=S. The van der Waals surface area contributed by atoms with E-state index in [1.165, 1.54) is 4.90 Å². The number of nitrogens with zero attached hydrogens (tertiary/aromatic N) is 1. The van der Waals surface area contributed by atoms with Crippen LogP contribution < -0.4 is 5.73 Å². The number of rotatable bonds is 5. The lowest BCUT2D eigenvalue weighted by molar-refractivity contribution is -0.138. The van der Waals surface area contributed by atoms with E-state index in [0.717, 1.165) is 12.8 Å². The highest BCUT2D eigenvalue weighted by Gasteiger charge is 2.29. The van der Waals surface area contributed by atoms with E-state index in [2.05, 4.69) is 0 Å². The molecule has 0 spiro atoms. The van der Waals surface area contributed by atoms with Gasteiger partial charge in [-0.3, -0.25) is 14.5 Å². The largest absolute Gasteiger partial charge is 0.393 e. The number of thiocarbonyl (C=S) groups is 1. The Labute approximate surface area is 101 Å². The maximum atomic E-state index is 11.3. The Balaban J connectivity index is 2.38. The van der Waals surface area contributed by atoms with Crippen LogP contribution in [0, 0.1) is 5.41 Å². The van der Waals surface area contributed by atoms with Gasteiger partial charge in [-0.15, -0.1) is 0 Å². The van der Waals surface area contributed by atoms with Gasteiger partial charge in [-0.2, -0.15) is 0 Å². The number of imide groups is 1. The molecule has 2 N–H and O–H groups in total. The summed E-state index contributed by atoms with van der Waals surface area (Å²) in [6, 6.07) is 0. The number of likely N-dealkylation sites (tertiary alicyclic amines) is 1. The van der Waals surface area contributed by atoms with Crippen molar-refractivity contribution < 1.29 is 9.59 Å². The zero-order chi connectivity index (χ0) is 12.3. The van der Waals surface area contributed by atoms with Crippen molar-refractivity contribution in [3.63, 3.8) is 0 Å². The number of hydrogen-bond acceptors (Lipinski definition) is 3. The van der Waals surface area contributed by atoms with Crippen LogP contribution in [0.2, 0.25) is 0 Å². The number of carbonyl (C=O) groups is 2. The minimum absolute atomic E-state index is 0.0573. The van der Waals surface area contributed by atoms with Crippen molar-refractivity contribution in [2.24, 2.45) is 11.1 Å². The maximum Gasteiger partial charge on any atom is 0.229 e. The van der Waals surface area contributed by atoms with Crippen LogP contribution in [0.3, 0.4) is 0 Å². The van der Waals surface area contributed by atoms with Gasteiger partial charge in [-0.25, -0.2) is 0 Å². The molecule has 0 aliphatic carbocycles. The molecule has 1 aliphatic rings. The van der Waals surface area contributed by atoms with Crippen molar-refractivity contribution in [2.45, 2.75) is 39.5 Å². The summed E-state index contributed by atoms with van der Waals surface area (Å²) in [4.78, 5) is 24.5. The van der Waals surface area contributed by atoms with Crippen molar-refractivity contribution in [2.75, 3.05) is 6.54 Å². The predicted octanol–water partition coefficient (Wildman–Crippen LogP) is 1.23. The summed E-state index contributed by atoms with van der Waals surface area (Å²) in [7, 11) is 0. The number of hydrogen-bond donors (Lipinski definition) is 1. The van der Waals surface area contributed by atoms with E-state index in [1.54, 1.807) is 0 Å². The van der Waals surface area contributed by atoms with Crippen molar-refractivity contribution in [1.29, 1.82) is 0 Å². The van der Waals surface area contributed by atoms with Crippen LogP contribution in [-0.2, 0) is 9.59 Å². The van der Waals surface area contributed by atoms with Crippen LogP contribution in [0.15, 0.2) is 0 Å². The van der Waals surface area contributed by atoms with Gasteiger partial charge >= 0.3 is 0 Å². The van der Waals surface area contributed by atoms with E-state index in [9.17, 15) is 9.59 Å². The first-order valence-corrected chi connectivity index (χ1v) is 5.88. The average Bonchev–Trinajstić information content (AvgIpc) is 2.48. The van der Waals surface area contributed by atoms with Crippen molar-refractivity contribution in [1.82, 2.24) is 4.90 Å². The van der Waals surface area contributed by atoms with Crippen LogP contribution in [0.4, 0.5) is 0 Å². The lowest BCUT2D eigenvalue weighted by atomic mass is 9.88. The van der Waals surface area contributed by atoms with Crippen LogP contribution >= 0.6 is 12.2 Å². The topological polar surface area (TPSA) is 63.4 Å². The van der Waals surface area contributed by atoms with Gasteiger partial charge in [0.2, 0.25) is 11.8 Å². The van der Waals surface area contributed by atoms with Crippen molar-refractivity contribution in [3.8, 4) is 0 Å². The number of carbonyl (C=O) groups excluding carboxylic acids is 2. The Kier molecular flexibility index (Phi) is 4.02. The van der Waals surface area contributed by atoms with Crippen molar-refractivity contribution >= 4 is 29.0 Å². The minimum atomic E-state index is -0.207. The molecule has 0 bridgehead atoms. The van der Waals surface area contributed by atoms with E-state index in [4.69, 9.17) is 18.0 Å². The van der Waals surface area contributed by atoms with Crippen LogP contribution in [0.5, 0.6) is 0 Å². The average molecular weight is 242 g/mol. The Hall–Kier alpha value is -0.970. The molecule has 1 aliphatic heterocycles. The standard InChI is InChI=1S/C11H18N2O2S/c1-11(2,10(12)16)6-3-7-13-8(14)4-5-9(13)15/h3-7H2,1-2H3,(H2,12,16). The smallest absolute Gasteiger partial charge is 0.229 e. The molecule has 2 amide bonds. The molecular weight excluding hydrogens is 224 g/mol. The second-order valence-electron chi connectivity index (χ2n) is 4.79. The summed E-state index contributed by atoms with van der Waals surface area (Å²) >= 11 is 4.96. The first-order chi connectivity index (χ1) is 7.34. The molecule has 90 valence electrons. The molecule has 0 aromatic carbocycles. The summed E-state index contributed by atoms with van der Waals surface area (Å²) in [6.07, 6.45) is 2.26. The normalized spacial score (nSPS) is 17.0. The Morgan fingerprint density at radius 3 is 2.31 bits per heavy atom. The van der Waals surface area contributed by atoms with E-state index < -0.39 is 0 Å². The molecule has 4 nitrogen and oxygen atoms in total. The first-order valence-electron chi connectivity index (χ1n) is 5.48. The zero-order valence-corrected chi connectivity index (χ0v) is 10.6. The molecule has 5 heteroatoms. The Morgan fingerprint density at radius 2 is 1.88 bits per heavy atom. The van der Waals surface area contributed by atoms with Gasteiger partial charge in [0.15, 0.2) is 0 Å². The second-order valence-corrected chi connectivity index (χ2v) is 5.23. The summed E-state index contributed by atoms with van der Waals surface area (Å²) in [6.45, 7) is 4.44. The zero-order valence-electron chi connectivity index (χ0n) is 9.78. The molecule has 1 saturated heterocycles. The van der Waals surface area contributed by atoms with Gasteiger partial charge in [0, 0.05) is 24.8 Å². The highest BCUT2D eigenvalue weighted by atomic mass is 32.1. The Morgan fingerprint density at radius 1 is 1.38 bits per heavy atom. The van der Waals surface area contributed by atoms with Gasteiger partial charge in [-0.1, -0.05) is 26.1 Å². The van der Waals surface area contributed by atoms with Gasteiger partial charge in [0.1, 0.15) is 0 Å². The van der Waals surface area contributed by atoms with E-state index in [-0.39, 0.29) is 17.2 Å². The molecule has 0 radical (unpaired) electrons. The molecule has 1 rings (SSSR count). The van der Waals surface area contributed by atoms with Crippen molar-refractivity contribution in [3.05, 3.63) is 0 Å². The van der Waals surface area contributed by atoms with Crippen LogP contribution in [0.1, 0.15) is 39.5 Å². The van der Waals surface area contributed by atoms with Gasteiger partial charge < -0.3 is 5.73 Å². The van der Waals surface area contributed by atoms with E-state index >= 15 is 0 Å². The molecule has 1 fully saturated rings. The Bertz CT molecular complexity index is 310. The third-order valence-electron chi connectivity index (χ3n) is 3.01. The lowest BCUT2D eigenvalue weighted by Crippen LogP contribution is -2.33. The number of nitrogens with two attached hydrogens (primary N) is 1. The highest BCUT2D eigenvalue weighted by Crippen LogP contribution is 2.23. The second kappa shape index (κ2) is 4.91. The third kappa shape index (κ3) is 3.01. The molecule has 0 aromatic rings.